The first-order valence-electron chi connectivity index (χ1n) is 9.42. The third-order valence-electron chi connectivity index (χ3n) is 5.03. The molecule has 0 N–H and O–H groups in total. The number of hydrogen-bond acceptors (Lipinski definition) is 3. The van der Waals surface area contributed by atoms with Crippen LogP contribution in [0.2, 0.25) is 0 Å². The van der Waals surface area contributed by atoms with Gasteiger partial charge in [0.25, 0.3) is 0 Å². The summed E-state index contributed by atoms with van der Waals surface area (Å²) in [6, 6.07) is 27.8. The average molecular weight is 370 g/mol. The summed E-state index contributed by atoms with van der Waals surface area (Å²) in [5.41, 5.74) is 3.08. The SMILES string of the molecule is CCOC(=O)N1C(c2ccccc2)=NC(C)(c2ccccc2)c2ccccc21. The highest BCUT2D eigenvalue weighted by molar-refractivity contribution is 6.23. The number of carbonyl (C=O) groups is 1. The molecule has 4 nitrogen and oxygen atoms in total. The van der Waals surface area contributed by atoms with Crippen molar-refractivity contribution in [3.05, 3.63) is 102 Å². The van der Waals surface area contributed by atoms with Crippen LogP contribution in [0.1, 0.15) is 30.5 Å². The van der Waals surface area contributed by atoms with Crippen LogP contribution in [-0.2, 0) is 10.3 Å². The van der Waals surface area contributed by atoms with Crippen LogP contribution in [0, 0.1) is 0 Å². The van der Waals surface area contributed by atoms with Gasteiger partial charge in [0, 0.05) is 11.1 Å². The van der Waals surface area contributed by atoms with Gasteiger partial charge in [0.2, 0.25) is 0 Å². The molecule has 0 radical (unpaired) electrons. The van der Waals surface area contributed by atoms with E-state index in [1.54, 1.807) is 11.8 Å². The Bertz CT molecular complexity index is 1020. The normalized spacial score (nSPS) is 18.2. The van der Waals surface area contributed by atoms with Gasteiger partial charge >= 0.3 is 6.09 Å². The molecule has 1 unspecified atom stereocenters. The van der Waals surface area contributed by atoms with E-state index < -0.39 is 11.6 Å². The van der Waals surface area contributed by atoms with Crippen LogP contribution in [0.25, 0.3) is 0 Å². The van der Waals surface area contributed by atoms with Gasteiger partial charge in [-0.1, -0.05) is 78.9 Å². The number of para-hydroxylation sites is 1. The number of carbonyl (C=O) groups excluding carboxylic acids is 1. The number of anilines is 1. The standard InChI is InChI=1S/C24H22N2O2/c1-3-28-23(27)26-21-17-11-10-16-20(21)24(2,19-14-8-5-9-15-19)25-22(26)18-12-6-4-7-13-18/h4-17H,3H2,1-2H3. The fourth-order valence-electron chi connectivity index (χ4n) is 3.65. The Kier molecular flexibility index (Phi) is 4.70. The molecule has 3 aromatic carbocycles. The number of aliphatic imine (C=N–C) groups is 1. The lowest BCUT2D eigenvalue weighted by molar-refractivity contribution is 0.163. The van der Waals surface area contributed by atoms with E-state index in [1.165, 1.54) is 0 Å². The molecular formula is C24H22N2O2. The largest absolute Gasteiger partial charge is 0.449 e. The summed E-state index contributed by atoms with van der Waals surface area (Å²) in [5.74, 6) is 0.587. The minimum Gasteiger partial charge on any atom is -0.449 e. The summed E-state index contributed by atoms with van der Waals surface area (Å²) in [4.78, 5) is 19.6. The lowest BCUT2D eigenvalue weighted by Crippen LogP contribution is -2.45. The minimum absolute atomic E-state index is 0.301. The Hall–Kier alpha value is -3.40. The van der Waals surface area contributed by atoms with Crippen LogP contribution in [0.5, 0.6) is 0 Å². The maximum atomic E-state index is 12.9. The molecule has 4 rings (SSSR count). The van der Waals surface area contributed by atoms with E-state index in [4.69, 9.17) is 9.73 Å². The first-order valence-corrected chi connectivity index (χ1v) is 9.42. The number of amides is 1. The highest BCUT2D eigenvalue weighted by atomic mass is 16.6. The number of fused-ring (bicyclic) bond motifs is 1. The molecule has 1 amide bonds. The number of nitrogens with zero attached hydrogens (tertiary/aromatic N) is 2. The van der Waals surface area contributed by atoms with Crippen molar-refractivity contribution in [1.82, 2.24) is 0 Å². The van der Waals surface area contributed by atoms with E-state index in [2.05, 4.69) is 19.1 Å². The second kappa shape index (κ2) is 7.31. The molecule has 1 aliphatic heterocycles. The molecular weight excluding hydrogens is 348 g/mol. The average Bonchev–Trinajstić information content (AvgIpc) is 2.75. The van der Waals surface area contributed by atoms with Crippen molar-refractivity contribution in [2.75, 3.05) is 11.5 Å². The fourth-order valence-corrected chi connectivity index (χ4v) is 3.65. The number of rotatable bonds is 3. The molecule has 28 heavy (non-hydrogen) atoms. The van der Waals surface area contributed by atoms with E-state index in [0.29, 0.717) is 12.4 Å². The van der Waals surface area contributed by atoms with E-state index in [1.807, 2.05) is 72.8 Å². The zero-order chi connectivity index (χ0) is 19.6. The lowest BCUT2D eigenvalue weighted by Gasteiger charge is -2.38. The molecule has 1 aliphatic rings. The van der Waals surface area contributed by atoms with Crippen molar-refractivity contribution in [2.45, 2.75) is 19.4 Å². The van der Waals surface area contributed by atoms with Crippen molar-refractivity contribution in [3.63, 3.8) is 0 Å². The second-order valence-corrected chi connectivity index (χ2v) is 6.79. The summed E-state index contributed by atoms with van der Waals surface area (Å²) in [6.07, 6.45) is -0.423. The quantitative estimate of drug-likeness (QED) is 0.622. The van der Waals surface area contributed by atoms with Gasteiger partial charge in [-0.25, -0.2) is 9.69 Å². The zero-order valence-electron chi connectivity index (χ0n) is 16.0. The van der Waals surface area contributed by atoms with Gasteiger partial charge < -0.3 is 4.74 Å². The number of hydrogen-bond donors (Lipinski definition) is 0. The summed E-state index contributed by atoms with van der Waals surface area (Å²) >= 11 is 0. The third-order valence-corrected chi connectivity index (χ3v) is 5.03. The van der Waals surface area contributed by atoms with Crippen molar-refractivity contribution in [2.24, 2.45) is 4.99 Å². The van der Waals surface area contributed by atoms with Crippen LogP contribution in [-0.4, -0.2) is 18.5 Å². The Morgan fingerprint density at radius 1 is 0.929 bits per heavy atom. The van der Waals surface area contributed by atoms with E-state index in [0.717, 1.165) is 22.4 Å². The van der Waals surface area contributed by atoms with Crippen molar-refractivity contribution in [3.8, 4) is 0 Å². The lowest BCUT2D eigenvalue weighted by atomic mass is 9.82. The first-order chi connectivity index (χ1) is 13.6. The van der Waals surface area contributed by atoms with Crippen molar-refractivity contribution >= 4 is 17.6 Å². The minimum atomic E-state index is -0.619. The van der Waals surface area contributed by atoms with Gasteiger partial charge in [0.05, 0.1) is 12.3 Å². The molecule has 4 heteroatoms. The Morgan fingerprint density at radius 2 is 1.54 bits per heavy atom. The van der Waals surface area contributed by atoms with Gasteiger partial charge in [-0.05, 0) is 25.5 Å². The first kappa shape index (κ1) is 18.0. The van der Waals surface area contributed by atoms with Crippen LogP contribution in [0.4, 0.5) is 10.5 Å². The molecule has 0 aromatic heterocycles. The van der Waals surface area contributed by atoms with E-state index in [-0.39, 0.29) is 0 Å². The molecule has 1 heterocycles. The monoisotopic (exact) mass is 370 g/mol. The summed E-state index contributed by atoms with van der Waals surface area (Å²) in [7, 11) is 0. The fraction of sp³-hybridized carbons (Fsp3) is 0.167. The van der Waals surface area contributed by atoms with Crippen LogP contribution in [0.15, 0.2) is 89.9 Å². The number of benzene rings is 3. The van der Waals surface area contributed by atoms with Gasteiger partial charge in [0.15, 0.2) is 0 Å². The number of amidine groups is 1. The van der Waals surface area contributed by atoms with Crippen LogP contribution < -0.4 is 4.90 Å². The van der Waals surface area contributed by atoms with Crippen molar-refractivity contribution in [1.29, 1.82) is 0 Å². The van der Waals surface area contributed by atoms with Gasteiger partial charge in [-0.15, -0.1) is 0 Å². The summed E-state index contributed by atoms with van der Waals surface area (Å²) in [5, 5.41) is 0. The van der Waals surface area contributed by atoms with Crippen LogP contribution >= 0.6 is 0 Å². The molecule has 3 aromatic rings. The maximum Gasteiger partial charge on any atom is 0.420 e. The molecule has 0 aliphatic carbocycles. The van der Waals surface area contributed by atoms with Gasteiger partial charge in [-0.3, -0.25) is 4.99 Å². The van der Waals surface area contributed by atoms with Crippen molar-refractivity contribution < 1.29 is 9.53 Å². The van der Waals surface area contributed by atoms with Gasteiger partial charge in [0.1, 0.15) is 11.4 Å². The molecule has 140 valence electrons. The molecule has 0 saturated heterocycles. The predicted molar refractivity (Wildman–Crippen MR) is 112 cm³/mol. The molecule has 0 saturated carbocycles. The molecule has 1 atom stereocenters. The molecule has 0 spiro atoms. The summed E-state index contributed by atoms with van der Waals surface area (Å²) in [6.45, 7) is 4.20. The maximum absolute atomic E-state index is 12.9. The second-order valence-electron chi connectivity index (χ2n) is 6.79. The third kappa shape index (κ3) is 2.97. The number of ether oxygens (including phenoxy) is 1. The topological polar surface area (TPSA) is 41.9 Å². The highest BCUT2D eigenvalue weighted by Crippen LogP contribution is 2.43. The smallest absolute Gasteiger partial charge is 0.420 e. The molecule has 0 fully saturated rings. The van der Waals surface area contributed by atoms with E-state index in [9.17, 15) is 4.79 Å². The highest BCUT2D eigenvalue weighted by Gasteiger charge is 2.40. The summed E-state index contributed by atoms with van der Waals surface area (Å²) < 4.78 is 5.37. The Labute approximate surface area is 165 Å². The predicted octanol–water partition coefficient (Wildman–Crippen LogP) is 5.37. The Balaban J connectivity index is 1.99. The van der Waals surface area contributed by atoms with Gasteiger partial charge in [-0.2, -0.15) is 0 Å². The van der Waals surface area contributed by atoms with Crippen LogP contribution in [0.3, 0.4) is 0 Å². The van der Waals surface area contributed by atoms with E-state index >= 15 is 0 Å². The zero-order valence-corrected chi connectivity index (χ0v) is 16.0. The molecule has 0 bridgehead atoms. The Morgan fingerprint density at radius 3 is 2.21 bits per heavy atom.